The Hall–Kier alpha value is -3.14. The molecule has 4 heteroatoms. The highest BCUT2D eigenvalue weighted by molar-refractivity contribution is 5.73. The van der Waals surface area contributed by atoms with Crippen LogP contribution in [0.4, 0.5) is 0 Å². The SMILES string of the molecule is c1ccc(COc2ccc3ncn(-c4ccccc4)c3n2)cc1. The average Bonchev–Trinajstić information content (AvgIpc) is 3.05. The number of benzene rings is 2. The molecular weight excluding hydrogens is 286 g/mol. The van der Waals surface area contributed by atoms with Crippen LogP contribution in [0.5, 0.6) is 5.88 Å². The van der Waals surface area contributed by atoms with Crippen LogP contribution in [0.1, 0.15) is 5.56 Å². The van der Waals surface area contributed by atoms with Crippen molar-refractivity contribution in [1.29, 1.82) is 0 Å². The lowest BCUT2D eigenvalue weighted by Crippen LogP contribution is -1.99. The summed E-state index contributed by atoms with van der Waals surface area (Å²) in [6, 6.07) is 23.9. The molecule has 2 heterocycles. The van der Waals surface area contributed by atoms with Crippen molar-refractivity contribution in [2.24, 2.45) is 0 Å². The number of para-hydroxylation sites is 1. The van der Waals surface area contributed by atoms with Gasteiger partial charge in [-0.25, -0.2) is 4.98 Å². The Morgan fingerprint density at radius 3 is 2.35 bits per heavy atom. The van der Waals surface area contributed by atoms with E-state index in [-0.39, 0.29) is 0 Å². The molecule has 0 unspecified atom stereocenters. The third-order valence-corrected chi connectivity index (χ3v) is 3.63. The third-order valence-electron chi connectivity index (χ3n) is 3.63. The summed E-state index contributed by atoms with van der Waals surface area (Å²) in [5.41, 5.74) is 3.79. The molecule has 0 bridgehead atoms. The number of hydrogen-bond donors (Lipinski definition) is 0. The third kappa shape index (κ3) is 2.79. The Bertz CT molecular complexity index is 917. The minimum atomic E-state index is 0.499. The van der Waals surface area contributed by atoms with Gasteiger partial charge in [0.1, 0.15) is 18.5 Å². The molecular formula is C19H15N3O. The number of nitrogens with zero attached hydrogens (tertiary/aromatic N) is 3. The minimum Gasteiger partial charge on any atom is -0.473 e. The van der Waals surface area contributed by atoms with Crippen molar-refractivity contribution in [1.82, 2.24) is 14.5 Å². The summed E-state index contributed by atoms with van der Waals surface area (Å²) in [4.78, 5) is 9.00. The van der Waals surface area contributed by atoms with Gasteiger partial charge in [0, 0.05) is 11.8 Å². The number of imidazole rings is 1. The van der Waals surface area contributed by atoms with Gasteiger partial charge in [-0.1, -0.05) is 48.5 Å². The van der Waals surface area contributed by atoms with Crippen LogP contribution < -0.4 is 4.74 Å². The number of hydrogen-bond acceptors (Lipinski definition) is 3. The lowest BCUT2D eigenvalue weighted by Gasteiger charge is -2.07. The molecule has 2 aromatic carbocycles. The van der Waals surface area contributed by atoms with E-state index in [2.05, 4.69) is 9.97 Å². The van der Waals surface area contributed by atoms with E-state index in [0.717, 1.165) is 22.4 Å². The lowest BCUT2D eigenvalue weighted by atomic mass is 10.2. The molecule has 0 saturated heterocycles. The number of aromatic nitrogens is 3. The van der Waals surface area contributed by atoms with Crippen molar-refractivity contribution < 1.29 is 4.74 Å². The molecule has 0 atom stereocenters. The molecule has 0 saturated carbocycles. The Morgan fingerprint density at radius 2 is 1.57 bits per heavy atom. The van der Waals surface area contributed by atoms with Crippen LogP contribution in [0, 0.1) is 0 Å². The number of rotatable bonds is 4. The highest BCUT2D eigenvalue weighted by Gasteiger charge is 2.07. The minimum absolute atomic E-state index is 0.499. The fraction of sp³-hybridized carbons (Fsp3) is 0.0526. The normalized spacial score (nSPS) is 10.8. The summed E-state index contributed by atoms with van der Waals surface area (Å²) >= 11 is 0. The number of fused-ring (bicyclic) bond motifs is 1. The quantitative estimate of drug-likeness (QED) is 0.572. The van der Waals surface area contributed by atoms with Gasteiger partial charge in [0.25, 0.3) is 0 Å². The van der Waals surface area contributed by atoms with Crippen LogP contribution >= 0.6 is 0 Å². The second kappa shape index (κ2) is 5.93. The van der Waals surface area contributed by atoms with Gasteiger partial charge in [-0.2, -0.15) is 4.98 Å². The second-order valence-electron chi connectivity index (χ2n) is 5.22. The van der Waals surface area contributed by atoms with Gasteiger partial charge in [-0.05, 0) is 23.8 Å². The second-order valence-corrected chi connectivity index (χ2v) is 5.22. The van der Waals surface area contributed by atoms with Crippen molar-refractivity contribution in [2.45, 2.75) is 6.61 Å². The molecule has 4 nitrogen and oxygen atoms in total. The molecule has 0 N–H and O–H groups in total. The molecule has 4 rings (SSSR count). The monoisotopic (exact) mass is 301 g/mol. The highest BCUT2D eigenvalue weighted by atomic mass is 16.5. The van der Waals surface area contributed by atoms with E-state index in [1.54, 1.807) is 6.33 Å². The first-order valence-corrected chi connectivity index (χ1v) is 7.46. The molecule has 0 aliphatic heterocycles. The van der Waals surface area contributed by atoms with Gasteiger partial charge >= 0.3 is 0 Å². The summed E-state index contributed by atoms with van der Waals surface area (Å²) < 4.78 is 7.77. The molecule has 2 aromatic heterocycles. The predicted octanol–water partition coefficient (Wildman–Crippen LogP) is 4.00. The fourth-order valence-electron chi connectivity index (χ4n) is 2.47. The zero-order chi connectivity index (χ0) is 15.5. The Labute approximate surface area is 134 Å². The van der Waals surface area contributed by atoms with Crippen LogP contribution in [0.15, 0.2) is 79.1 Å². The van der Waals surface area contributed by atoms with E-state index in [9.17, 15) is 0 Å². The molecule has 112 valence electrons. The molecule has 0 radical (unpaired) electrons. The molecule has 4 aromatic rings. The Balaban J connectivity index is 1.65. The summed E-state index contributed by atoms with van der Waals surface area (Å²) in [5, 5.41) is 0. The zero-order valence-corrected chi connectivity index (χ0v) is 12.5. The molecule has 0 amide bonds. The van der Waals surface area contributed by atoms with Crippen LogP contribution in [0.2, 0.25) is 0 Å². The fourth-order valence-corrected chi connectivity index (χ4v) is 2.47. The molecule has 23 heavy (non-hydrogen) atoms. The summed E-state index contributed by atoms with van der Waals surface area (Å²) in [5.74, 6) is 0.596. The zero-order valence-electron chi connectivity index (χ0n) is 12.5. The predicted molar refractivity (Wildman–Crippen MR) is 89.6 cm³/mol. The first kappa shape index (κ1) is 13.5. The number of pyridine rings is 1. The van der Waals surface area contributed by atoms with E-state index < -0.39 is 0 Å². The van der Waals surface area contributed by atoms with Crippen LogP contribution in [-0.4, -0.2) is 14.5 Å². The van der Waals surface area contributed by atoms with Gasteiger partial charge in [0.15, 0.2) is 5.65 Å². The van der Waals surface area contributed by atoms with Crippen molar-refractivity contribution in [3.8, 4) is 11.6 Å². The average molecular weight is 301 g/mol. The van der Waals surface area contributed by atoms with E-state index in [0.29, 0.717) is 12.5 Å². The number of ether oxygens (including phenoxy) is 1. The van der Waals surface area contributed by atoms with E-state index >= 15 is 0 Å². The lowest BCUT2D eigenvalue weighted by molar-refractivity contribution is 0.295. The van der Waals surface area contributed by atoms with Crippen molar-refractivity contribution in [3.05, 3.63) is 84.7 Å². The Morgan fingerprint density at radius 1 is 0.826 bits per heavy atom. The van der Waals surface area contributed by atoms with Gasteiger partial charge < -0.3 is 4.74 Å². The van der Waals surface area contributed by atoms with E-state index in [4.69, 9.17) is 4.74 Å². The van der Waals surface area contributed by atoms with Gasteiger partial charge in [0.05, 0.1) is 0 Å². The summed E-state index contributed by atoms with van der Waals surface area (Å²) in [6.07, 6.45) is 1.79. The highest BCUT2D eigenvalue weighted by Crippen LogP contribution is 2.20. The molecule has 0 spiro atoms. The Kier molecular flexibility index (Phi) is 3.48. The van der Waals surface area contributed by atoms with Crippen LogP contribution in [-0.2, 0) is 6.61 Å². The van der Waals surface area contributed by atoms with Crippen LogP contribution in [0.3, 0.4) is 0 Å². The van der Waals surface area contributed by atoms with Gasteiger partial charge in [0.2, 0.25) is 5.88 Å². The molecule has 0 aliphatic rings. The summed E-state index contributed by atoms with van der Waals surface area (Å²) in [6.45, 7) is 0.499. The maximum atomic E-state index is 5.81. The maximum absolute atomic E-state index is 5.81. The van der Waals surface area contributed by atoms with Crippen molar-refractivity contribution in [2.75, 3.05) is 0 Å². The van der Waals surface area contributed by atoms with Crippen LogP contribution in [0.25, 0.3) is 16.9 Å². The molecule has 0 aliphatic carbocycles. The first-order valence-electron chi connectivity index (χ1n) is 7.46. The van der Waals surface area contributed by atoms with Gasteiger partial charge in [-0.15, -0.1) is 0 Å². The smallest absolute Gasteiger partial charge is 0.215 e. The topological polar surface area (TPSA) is 39.9 Å². The maximum Gasteiger partial charge on any atom is 0.215 e. The standard InChI is InChI=1S/C19H15N3O/c1-3-7-15(8-4-1)13-23-18-12-11-17-19(21-18)22(14-20-17)16-9-5-2-6-10-16/h1-12,14H,13H2. The largest absolute Gasteiger partial charge is 0.473 e. The van der Waals surface area contributed by atoms with Crippen molar-refractivity contribution >= 4 is 11.2 Å². The van der Waals surface area contributed by atoms with E-state index in [1.807, 2.05) is 77.4 Å². The molecule has 0 fully saturated rings. The van der Waals surface area contributed by atoms with Crippen molar-refractivity contribution in [3.63, 3.8) is 0 Å². The van der Waals surface area contributed by atoms with Gasteiger partial charge in [-0.3, -0.25) is 4.57 Å². The summed E-state index contributed by atoms with van der Waals surface area (Å²) in [7, 11) is 0. The first-order chi connectivity index (χ1) is 11.4. The van der Waals surface area contributed by atoms with E-state index in [1.165, 1.54) is 0 Å².